The molecule has 1 nitrogen and oxygen atoms in total. The zero-order valence-electron chi connectivity index (χ0n) is 10.8. The van der Waals surface area contributed by atoms with Crippen LogP contribution in [0.4, 0.5) is 0 Å². The lowest BCUT2D eigenvalue weighted by Crippen LogP contribution is -2.40. The molecule has 0 heterocycles. The first kappa shape index (κ1) is 13.4. The summed E-state index contributed by atoms with van der Waals surface area (Å²) in [5.74, 6) is 1.28. The fourth-order valence-corrected chi connectivity index (χ4v) is 2.94. The topological polar surface area (TPSA) is 12.0 Å². The van der Waals surface area contributed by atoms with E-state index in [4.69, 9.17) is 0 Å². The maximum atomic E-state index is 3.78. The maximum absolute atomic E-state index is 3.78. The third-order valence-electron chi connectivity index (χ3n) is 3.61. The first-order chi connectivity index (χ1) is 7.03. The monoisotopic (exact) mass is 229 g/mol. The Balaban J connectivity index is 2.17. The first-order valence-electron chi connectivity index (χ1n) is 6.28. The summed E-state index contributed by atoms with van der Waals surface area (Å²) in [4.78, 5) is 0. The summed E-state index contributed by atoms with van der Waals surface area (Å²) in [5.41, 5.74) is 0.598. The Morgan fingerprint density at radius 2 is 1.93 bits per heavy atom. The number of nitrogens with one attached hydrogen (secondary N) is 1. The van der Waals surface area contributed by atoms with E-state index in [2.05, 4.69) is 32.3 Å². The molecule has 2 heteroatoms. The second kappa shape index (κ2) is 6.15. The molecule has 90 valence electrons. The van der Waals surface area contributed by atoms with Gasteiger partial charge in [-0.3, -0.25) is 0 Å². The van der Waals surface area contributed by atoms with Crippen LogP contribution in [0, 0.1) is 5.41 Å². The molecule has 1 unspecified atom stereocenters. The minimum Gasteiger partial charge on any atom is -0.311 e. The van der Waals surface area contributed by atoms with E-state index >= 15 is 0 Å². The van der Waals surface area contributed by atoms with E-state index in [1.807, 2.05) is 11.8 Å². The summed E-state index contributed by atoms with van der Waals surface area (Å²) in [7, 11) is 0. The predicted molar refractivity (Wildman–Crippen MR) is 71.6 cm³/mol. The Hall–Kier alpha value is 0.310. The molecule has 0 spiro atoms. The summed E-state index contributed by atoms with van der Waals surface area (Å²) in [6.07, 6.45) is 9.02. The van der Waals surface area contributed by atoms with E-state index in [1.54, 1.807) is 0 Å². The van der Waals surface area contributed by atoms with E-state index in [9.17, 15) is 0 Å². The number of thioether (sulfide) groups is 1. The molecule has 1 aliphatic carbocycles. The van der Waals surface area contributed by atoms with Crippen LogP contribution in [0.1, 0.15) is 52.9 Å². The molecule has 1 atom stereocenters. The summed E-state index contributed by atoms with van der Waals surface area (Å²) in [6.45, 7) is 7.14. The lowest BCUT2D eigenvalue weighted by molar-refractivity contribution is 0.199. The highest BCUT2D eigenvalue weighted by molar-refractivity contribution is 7.98. The number of rotatable bonds is 5. The van der Waals surface area contributed by atoms with Crippen LogP contribution < -0.4 is 5.32 Å². The zero-order valence-corrected chi connectivity index (χ0v) is 11.6. The summed E-state index contributed by atoms with van der Waals surface area (Å²) in [5, 5.41) is 3.78. The van der Waals surface area contributed by atoms with E-state index in [-0.39, 0.29) is 0 Å². The molecule has 0 amide bonds. The van der Waals surface area contributed by atoms with Gasteiger partial charge in [-0.15, -0.1) is 0 Å². The highest BCUT2D eigenvalue weighted by Gasteiger charge is 2.26. The fourth-order valence-electron chi connectivity index (χ4n) is 2.35. The molecular formula is C13H27NS. The van der Waals surface area contributed by atoms with Crippen LogP contribution in [0.2, 0.25) is 0 Å². The van der Waals surface area contributed by atoms with Crippen molar-refractivity contribution in [3.05, 3.63) is 0 Å². The molecule has 0 saturated heterocycles. The minimum absolute atomic E-state index is 0.598. The molecule has 0 radical (unpaired) electrons. The van der Waals surface area contributed by atoms with E-state index in [1.165, 1.54) is 37.9 Å². The maximum Gasteiger partial charge on any atom is 0.00699 e. The summed E-state index contributed by atoms with van der Waals surface area (Å²) in [6, 6.07) is 1.48. The quantitative estimate of drug-likeness (QED) is 0.772. The molecule has 1 saturated carbocycles. The van der Waals surface area contributed by atoms with Crippen LogP contribution in [0.3, 0.4) is 0 Å². The van der Waals surface area contributed by atoms with Crippen LogP contribution in [0.15, 0.2) is 0 Å². The lowest BCUT2D eigenvalue weighted by atomic mass is 9.75. The zero-order chi connectivity index (χ0) is 11.3. The number of hydrogen-bond acceptors (Lipinski definition) is 2. The van der Waals surface area contributed by atoms with Gasteiger partial charge in [0.15, 0.2) is 0 Å². The van der Waals surface area contributed by atoms with Crippen molar-refractivity contribution in [3.8, 4) is 0 Å². The third kappa shape index (κ3) is 5.26. The molecule has 1 rings (SSSR count). The van der Waals surface area contributed by atoms with Crippen molar-refractivity contribution in [2.75, 3.05) is 12.0 Å². The van der Waals surface area contributed by atoms with E-state index in [0.29, 0.717) is 11.5 Å². The second-order valence-corrected chi connectivity index (χ2v) is 6.77. The Kier molecular flexibility index (Phi) is 5.48. The smallest absolute Gasteiger partial charge is 0.00699 e. The minimum atomic E-state index is 0.598. The normalized spacial score (nSPS) is 24.0. The van der Waals surface area contributed by atoms with Gasteiger partial charge in [-0.05, 0) is 56.5 Å². The van der Waals surface area contributed by atoms with Crippen molar-refractivity contribution < 1.29 is 0 Å². The van der Waals surface area contributed by atoms with Gasteiger partial charge in [0, 0.05) is 12.1 Å². The molecule has 0 aromatic carbocycles. The molecular weight excluding hydrogens is 202 g/mol. The van der Waals surface area contributed by atoms with Crippen LogP contribution in [-0.2, 0) is 0 Å². The standard InChI is InChI=1S/C13H27NS/c1-11(7-10-15-4)14-12-5-8-13(2,3)9-6-12/h11-12,14H,5-10H2,1-4H3. The SMILES string of the molecule is CSCCC(C)NC1CCC(C)(C)CC1. The molecule has 1 aliphatic rings. The first-order valence-corrected chi connectivity index (χ1v) is 7.68. The molecule has 1 fully saturated rings. The molecule has 0 aliphatic heterocycles. The van der Waals surface area contributed by atoms with Crippen molar-refractivity contribution in [1.29, 1.82) is 0 Å². The molecule has 1 N–H and O–H groups in total. The fraction of sp³-hybridized carbons (Fsp3) is 1.00. The third-order valence-corrected chi connectivity index (χ3v) is 4.26. The molecule has 15 heavy (non-hydrogen) atoms. The van der Waals surface area contributed by atoms with Gasteiger partial charge in [-0.25, -0.2) is 0 Å². The van der Waals surface area contributed by atoms with Crippen molar-refractivity contribution in [3.63, 3.8) is 0 Å². The Bertz CT molecular complexity index is 169. The average molecular weight is 229 g/mol. The highest BCUT2D eigenvalue weighted by Crippen LogP contribution is 2.35. The predicted octanol–water partition coefficient (Wildman–Crippen LogP) is 3.69. The van der Waals surface area contributed by atoms with Gasteiger partial charge in [-0.1, -0.05) is 13.8 Å². The lowest BCUT2D eigenvalue weighted by Gasteiger charge is -2.36. The van der Waals surface area contributed by atoms with Crippen molar-refractivity contribution in [2.45, 2.75) is 65.0 Å². The Labute approximate surface area is 99.8 Å². The van der Waals surface area contributed by atoms with Gasteiger partial charge in [-0.2, -0.15) is 11.8 Å². The summed E-state index contributed by atoms with van der Waals surface area (Å²) < 4.78 is 0. The van der Waals surface area contributed by atoms with Crippen LogP contribution >= 0.6 is 11.8 Å². The van der Waals surface area contributed by atoms with Crippen molar-refractivity contribution >= 4 is 11.8 Å². The van der Waals surface area contributed by atoms with Gasteiger partial charge < -0.3 is 5.32 Å². The van der Waals surface area contributed by atoms with Crippen LogP contribution in [0.25, 0.3) is 0 Å². The van der Waals surface area contributed by atoms with Crippen LogP contribution in [0.5, 0.6) is 0 Å². The van der Waals surface area contributed by atoms with Gasteiger partial charge in [0.2, 0.25) is 0 Å². The second-order valence-electron chi connectivity index (χ2n) is 5.79. The van der Waals surface area contributed by atoms with Crippen molar-refractivity contribution in [2.24, 2.45) is 5.41 Å². The van der Waals surface area contributed by atoms with Gasteiger partial charge in [0.25, 0.3) is 0 Å². The van der Waals surface area contributed by atoms with Crippen molar-refractivity contribution in [1.82, 2.24) is 5.32 Å². The molecule has 0 bridgehead atoms. The van der Waals surface area contributed by atoms with E-state index in [0.717, 1.165) is 6.04 Å². The molecule has 0 aromatic rings. The van der Waals surface area contributed by atoms with Gasteiger partial charge in [0.05, 0.1) is 0 Å². The average Bonchev–Trinajstić information content (AvgIpc) is 2.18. The molecule has 0 aromatic heterocycles. The summed E-state index contributed by atoms with van der Waals surface area (Å²) >= 11 is 1.95. The Morgan fingerprint density at radius 3 is 2.47 bits per heavy atom. The van der Waals surface area contributed by atoms with Gasteiger partial charge >= 0.3 is 0 Å². The van der Waals surface area contributed by atoms with Gasteiger partial charge in [0.1, 0.15) is 0 Å². The Morgan fingerprint density at radius 1 is 1.33 bits per heavy atom. The van der Waals surface area contributed by atoms with E-state index < -0.39 is 0 Å². The number of hydrogen-bond donors (Lipinski definition) is 1. The largest absolute Gasteiger partial charge is 0.311 e. The highest BCUT2D eigenvalue weighted by atomic mass is 32.2. The van der Waals surface area contributed by atoms with Crippen LogP contribution in [-0.4, -0.2) is 24.1 Å².